The van der Waals surface area contributed by atoms with E-state index in [0.29, 0.717) is 25.9 Å². The highest BCUT2D eigenvalue weighted by atomic mass is 19.1. The van der Waals surface area contributed by atoms with Crippen molar-refractivity contribution in [2.75, 3.05) is 18.0 Å². The Labute approximate surface area is 192 Å². The molecular formula is C26H25FN4O2. The van der Waals surface area contributed by atoms with Crippen LogP contribution >= 0.6 is 0 Å². The summed E-state index contributed by atoms with van der Waals surface area (Å²) < 4.78 is 20.2. The topological polar surface area (TPSA) is 58.6 Å². The van der Waals surface area contributed by atoms with Crippen molar-refractivity contribution >= 4 is 11.7 Å². The van der Waals surface area contributed by atoms with Crippen LogP contribution in [0.15, 0.2) is 67.0 Å². The Bertz CT molecular complexity index is 1180. The van der Waals surface area contributed by atoms with Crippen LogP contribution in [-0.4, -0.2) is 45.7 Å². The lowest BCUT2D eigenvalue weighted by molar-refractivity contribution is -0.140. The minimum absolute atomic E-state index is 0.0478. The zero-order chi connectivity index (χ0) is 22.4. The largest absolute Gasteiger partial charge is 0.356 e. The Morgan fingerprint density at radius 3 is 2.58 bits per heavy atom. The summed E-state index contributed by atoms with van der Waals surface area (Å²) >= 11 is 0. The van der Waals surface area contributed by atoms with E-state index in [9.17, 15) is 9.18 Å². The van der Waals surface area contributed by atoms with Crippen molar-refractivity contribution < 1.29 is 13.9 Å². The van der Waals surface area contributed by atoms with E-state index in [2.05, 4.69) is 14.9 Å². The van der Waals surface area contributed by atoms with Gasteiger partial charge < -0.3 is 14.5 Å². The fraction of sp³-hybridized carbons (Fsp3) is 0.346. The smallest absolute Gasteiger partial charge is 0.257 e. The molecule has 0 radical (unpaired) electrons. The van der Waals surface area contributed by atoms with Crippen LogP contribution in [0.3, 0.4) is 0 Å². The van der Waals surface area contributed by atoms with Crippen molar-refractivity contribution in [1.82, 2.24) is 14.9 Å². The average Bonchev–Trinajstić information content (AvgIpc) is 3.38. The van der Waals surface area contributed by atoms with Crippen LogP contribution in [0.4, 0.5) is 10.2 Å². The number of nitrogens with zero attached hydrogens (tertiary/aromatic N) is 4. The molecule has 6 nitrogen and oxygen atoms in total. The summed E-state index contributed by atoms with van der Waals surface area (Å²) in [4.78, 5) is 26.5. The van der Waals surface area contributed by atoms with Crippen molar-refractivity contribution in [2.24, 2.45) is 0 Å². The monoisotopic (exact) mass is 444 g/mol. The highest BCUT2D eigenvalue weighted by Crippen LogP contribution is 2.47. The fourth-order valence-electron chi connectivity index (χ4n) is 5.47. The Morgan fingerprint density at radius 1 is 0.970 bits per heavy atom. The number of anilines is 1. The number of fused-ring (bicyclic) bond motifs is 1. The van der Waals surface area contributed by atoms with Gasteiger partial charge in [-0.3, -0.25) is 4.79 Å². The van der Waals surface area contributed by atoms with Gasteiger partial charge in [-0.25, -0.2) is 14.4 Å². The molecule has 0 unspecified atom stereocenters. The summed E-state index contributed by atoms with van der Waals surface area (Å²) in [6, 6.07) is 18.5. The molecule has 0 bridgehead atoms. The number of hydrogen-bond donors (Lipinski definition) is 0. The van der Waals surface area contributed by atoms with Gasteiger partial charge in [-0.15, -0.1) is 0 Å². The van der Waals surface area contributed by atoms with Crippen LogP contribution in [0, 0.1) is 5.82 Å². The van der Waals surface area contributed by atoms with Crippen LogP contribution in [0.5, 0.6) is 0 Å². The third-order valence-corrected chi connectivity index (χ3v) is 7.17. The summed E-state index contributed by atoms with van der Waals surface area (Å²) in [5, 5.41) is 0. The molecule has 0 aliphatic carbocycles. The molecule has 168 valence electrons. The second-order valence-electron chi connectivity index (χ2n) is 9.04. The third-order valence-electron chi connectivity index (χ3n) is 7.17. The van der Waals surface area contributed by atoms with Gasteiger partial charge >= 0.3 is 0 Å². The summed E-state index contributed by atoms with van der Waals surface area (Å²) in [6.07, 6.45) is 4.18. The van der Waals surface area contributed by atoms with E-state index in [-0.39, 0.29) is 24.0 Å². The van der Waals surface area contributed by atoms with Crippen LogP contribution in [0.1, 0.15) is 37.3 Å². The minimum Gasteiger partial charge on any atom is -0.356 e. The van der Waals surface area contributed by atoms with E-state index in [0.717, 1.165) is 35.5 Å². The highest BCUT2D eigenvalue weighted by molar-refractivity contribution is 5.88. The summed E-state index contributed by atoms with van der Waals surface area (Å²) in [5.41, 5.74) is 1.99. The molecule has 2 atom stereocenters. The van der Waals surface area contributed by atoms with E-state index in [1.54, 1.807) is 12.4 Å². The lowest BCUT2D eigenvalue weighted by Gasteiger charge is -2.38. The fourth-order valence-corrected chi connectivity index (χ4v) is 5.47. The predicted molar refractivity (Wildman–Crippen MR) is 122 cm³/mol. The van der Waals surface area contributed by atoms with Gasteiger partial charge in [-0.1, -0.05) is 42.5 Å². The third kappa shape index (κ3) is 3.47. The van der Waals surface area contributed by atoms with Crippen LogP contribution < -0.4 is 4.90 Å². The number of ether oxygens (including phenoxy) is 1. The molecule has 1 amide bonds. The Balaban J connectivity index is 1.18. The van der Waals surface area contributed by atoms with Gasteiger partial charge in [0.15, 0.2) is 5.60 Å². The van der Waals surface area contributed by atoms with Gasteiger partial charge in [-0.05, 0) is 30.5 Å². The first-order valence-electron chi connectivity index (χ1n) is 11.5. The normalized spacial score (nSPS) is 23.8. The van der Waals surface area contributed by atoms with Crippen LogP contribution in [0.25, 0.3) is 11.3 Å². The Kier molecular flexibility index (Phi) is 4.87. The number of carbonyl (C=O) groups is 1. The van der Waals surface area contributed by atoms with Gasteiger partial charge in [0.2, 0.25) is 0 Å². The standard InChI is InChI=1S/C26H25FN4O2/c27-20-8-4-7-19(15-20)22-9-10-24-31(22)25(32)26(33-24)11-13-30(14-12-26)23-16-21(28-17-29-23)18-5-2-1-3-6-18/h1-8,15-17,22,24H,9-14H2/t22-,24+/m0/s1. The molecule has 3 aromatic rings. The lowest BCUT2D eigenvalue weighted by Crippen LogP contribution is -2.50. The van der Waals surface area contributed by atoms with Crippen LogP contribution in [0.2, 0.25) is 0 Å². The van der Waals surface area contributed by atoms with Crippen LogP contribution in [-0.2, 0) is 9.53 Å². The molecule has 1 spiro atoms. The Morgan fingerprint density at radius 2 is 1.79 bits per heavy atom. The molecule has 1 aromatic heterocycles. The van der Waals surface area contributed by atoms with E-state index < -0.39 is 5.60 Å². The van der Waals surface area contributed by atoms with Gasteiger partial charge in [-0.2, -0.15) is 0 Å². The zero-order valence-corrected chi connectivity index (χ0v) is 18.2. The SMILES string of the molecule is O=C1N2[C@@H](CC[C@H]2c2cccc(F)c2)OC12CCN(c1cc(-c3ccccc3)ncn1)CC2. The van der Waals surface area contributed by atoms with E-state index in [1.165, 1.54) is 12.1 Å². The van der Waals surface area contributed by atoms with Gasteiger partial charge in [0.05, 0.1) is 11.7 Å². The van der Waals surface area contributed by atoms with Crippen molar-refractivity contribution in [1.29, 1.82) is 0 Å². The molecule has 0 saturated carbocycles. The van der Waals surface area contributed by atoms with Gasteiger partial charge in [0, 0.05) is 37.6 Å². The van der Waals surface area contributed by atoms with Crippen molar-refractivity contribution in [3.05, 3.63) is 78.4 Å². The highest BCUT2D eigenvalue weighted by Gasteiger charge is 2.58. The molecular weight excluding hydrogens is 419 g/mol. The zero-order valence-electron chi connectivity index (χ0n) is 18.2. The number of hydrogen-bond acceptors (Lipinski definition) is 5. The second-order valence-corrected chi connectivity index (χ2v) is 9.04. The predicted octanol–water partition coefficient (Wildman–Crippen LogP) is 4.34. The summed E-state index contributed by atoms with van der Waals surface area (Å²) in [7, 11) is 0. The van der Waals surface area contributed by atoms with Crippen molar-refractivity contribution in [3.63, 3.8) is 0 Å². The first kappa shape index (κ1) is 20.3. The number of halogens is 1. The number of piperidine rings is 1. The van der Waals surface area contributed by atoms with Crippen molar-refractivity contribution in [2.45, 2.75) is 43.6 Å². The number of carbonyl (C=O) groups excluding carboxylic acids is 1. The second kappa shape index (κ2) is 7.92. The molecule has 0 N–H and O–H groups in total. The molecule has 3 aliphatic heterocycles. The van der Waals surface area contributed by atoms with E-state index >= 15 is 0 Å². The number of rotatable bonds is 3. The molecule has 3 saturated heterocycles. The maximum absolute atomic E-state index is 13.8. The molecule has 7 heteroatoms. The maximum Gasteiger partial charge on any atom is 0.257 e. The molecule has 3 fully saturated rings. The van der Waals surface area contributed by atoms with Gasteiger partial charge in [0.25, 0.3) is 5.91 Å². The Hall–Kier alpha value is -3.32. The first-order valence-corrected chi connectivity index (χ1v) is 11.5. The molecule has 6 rings (SSSR count). The number of benzene rings is 2. The maximum atomic E-state index is 13.8. The molecule has 33 heavy (non-hydrogen) atoms. The van der Waals surface area contributed by atoms with Crippen molar-refractivity contribution in [3.8, 4) is 11.3 Å². The van der Waals surface area contributed by atoms with Gasteiger partial charge in [0.1, 0.15) is 24.2 Å². The number of amides is 1. The first-order chi connectivity index (χ1) is 16.1. The minimum atomic E-state index is -0.789. The molecule has 3 aliphatic rings. The average molecular weight is 445 g/mol. The summed E-state index contributed by atoms with van der Waals surface area (Å²) in [6.45, 7) is 1.37. The number of aromatic nitrogens is 2. The summed E-state index contributed by atoms with van der Waals surface area (Å²) in [5.74, 6) is 0.639. The van der Waals surface area contributed by atoms with E-state index in [1.807, 2.05) is 47.4 Å². The van der Waals surface area contributed by atoms with E-state index in [4.69, 9.17) is 4.74 Å². The quantitative estimate of drug-likeness (QED) is 0.602. The molecule has 2 aromatic carbocycles. The lowest BCUT2D eigenvalue weighted by atomic mass is 9.89. The molecule has 4 heterocycles.